The Morgan fingerprint density at radius 3 is 2.93 bits per heavy atom. The van der Waals surface area contributed by atoms with E-state index in [1.807, 2.05) is 13.0 Å². The van der Waals surface area contributed by atoms with Crippen molar-refractivity contribution in [2.75, 3.05) is 6.61 Å². The molecule has 1 heterocycles. The minimum Gasteiger partial charge on any atom is -0.463 e. The van der Waals surface area contributed by atoms with E-state index in [-0.39, 0.29) is 5.54 Å². The van der Waals surface area contributed by atoms with Crippen molar-refractivity contribution in [3.05, 3.63) is 23.8 Å². The number of hydrogen-bond acceptors (Lipinski definition) is 3. The van der Waals surface area contributed by atoms with Crippen LogP contribution in [0.15, 0.2) is 28.8 Å². The highest BCUT2D eigenvalue weighted by molar-refractivity contribution is 5.73. The molecule has 2 N–H and O–H groups in total. The van der Waals surface area contributed by atoms with Gasteiger partial charge in [0.25, 0.3) is 6.02 Å². The number of allylic oxidation sites excluding steroid dienone is 4. The normalized spacial score (nSPS) is 26.9. The summed E-state index contributed by atoms with van der Waals surface area (Å²) < 4.78 is 5.18. The first-order chi connectivity index (χ1) is 7.06. The minimum absolute atomic E-state index is 0.130. The lowest BCUT2D eigenvalue weighted by atomic mass is 9.95. The number of rotatable bonds is 4. The number of amidine groups is 1. The average Bonchev–Trinajstić information content (AvgIpc) is 2.53. The Morgan fingerprint density at radius 2 is 2.40 bits per heavy atom. The zero-order valence-electron chi connectivity index (χ0n) is 9.79. The van der Waals surface area contributed by atoms with Gasteiger partial charge in [-0.25, -0.2) is 4.99 Å². The van der Waals surface area contributed by atoms with Gasteiger partial charge in [-0.05, 0) is 33.6 Å². The van der Waals surface area contributed by atoms with Gasteiger partial charge in [0, 0.05) is 0 Å². The van der Waals surface area contributed by atoms with Crippen LogP contribution in [0.1, 0.15) is 33.6 Å². The molecule has 0 saturated carbocycles. The Labute approximate surface area is 91.7 Å². The number of nitrogens with zero attached hydrogens (tertiary/aromatic N) is 1. The van der Waals surface area contributed by atoms with Crippen LogP contribution in [-0.4, -0.2) is 18.2 Å². The van der Waals surface area contributed by atoms with Crippen molar-refractivity contribution < 1.29 is 4.74 Å². The molecule has 1 atom stereocenters. The molecule has 0 bridgehead atoms. The second-order valence-corrected chi connectivity index (χ2v) is 4.27. The molecule has 0 fully saturated rings. The van der Waals surface area contributed by atoms with Crippen LogP contribution >= 0.6 is 0 Å². The lowest BCUT2D eigenvalue weighted by Gasteiger charge is -2.17. The molecular weight excluding hydrogens is 188 g/mol. The van der Waals surface area contributed by atoms with Crippen LogP contribution in [-0.2, 0) is 4.74 Å². The van der Waals surface area contributed by atoms with E-state index in [9.17, 15) is 0 Å². The molecule has 0 aliphatic carbocycles. The lowest BCUT2D eigenvalue weighted by molar-refractivity contribution is 0.255. The van der Waals surface area contributed by atoms with Gasteiger partial charge in [0.2, 0.25) is 0 Å². The molecule has 0 saturated heterocycles. The van der Waals surface area contributed by atoms with Crippen molar-refractivity contribution in [2.45, 2.75) is 39.2 Å². The molecule has 0 aromatic carbocycles. The summed E-state index contributed by atoms with van der Waals surface area (Å²) in [6, 6.07) is 0.326. The van der Waals surface area contributed by atoms with Gasteiger partial charge in [0.1, 0.15) is 6.61 Å². The van der Waals surface area contributed by atoms with Crippen molar-refractivity contribution in [3.8, 4) is 0 Å². The largest absolute Gasteiger partial charge is 0.463 e. The fraction of sp³-hybridized carbons (Fsp3) is 0.583. The molecule has 0 aromatic rings. The predicted octanol–water partition coefficient (Wildman–Crippen LogP) is 2.39. The van der Waals surface area contributed by atoms with Gasteiger partial charge in [-0.2, -0.15) is 0 Å². The van der Waals surface area contributed by atoms with Crippen LogP contribution in [0.25, 0.3) is 0 Å². The molecule has 3 heteroatoms. The van der Waals surface area contributed by atoms with E-state index >= 15 is 0 Å². The summed E-state index contributed by atoms with van der Waals surface area (Å²) in [5.41, 5.74) is 6.73. The molecule has 0 radical (unpaired) electrons. The quantitative estimate of drug-likeness (QED) is 0.721. The van der Waals surface area contributed by atoms with E-state index < -0.39 is 0 Å². The van der Waals surface area contributed by atoms with E-state index in [2.05, 4.69) is 31.0 Å². The number of aliphatic imine (C=N–C) groups is 1. The summed E-state index contributed by atoms with van der Waals surface area (Å²) in [5, 5.41) is 0. The van der Waals surface area contributed by atoms with Gasteiger partial charge in [0.05, 0.1) is 5.54 Å². The van der Waals surface area contributed by atoms with E-state index in [4.69, 9.17) is 10.5 Å². The summed E-state index contributed by atoms with van der Waals surface area (Å²) in [7, 11) is 0. The molecule has 0 unspecified atom stereocenters. The summed E-state index contributed by atoms with van der Waals surface area (Å²) in [6.07, 6.45) is 8.22. The zero-order chi connectivity index (χ0) is 11.3. The maximum atomic E-state index is 5.50. The Hall–Kier alpha value is -1.25. The average molecular weight is 208 g/mol. The molecule has 0 spiro atoms. The maximum absolute atomic E-state index is 5.50. The van der Waals surface area contributed by atoms with Crippen LogP contribution in [0.3, 0.4) is 0 Å². The third-order valence-electron chi connectivity index (χ3n) is 2.54. The Morgan fingerprint density at radius 1 is 1.67 bits per heavy atom. The lowest BCUT2D eigenvalue weighted by Crippen LogP contribution is -2.23. The van der Waals surface area contributed by atoms with E-state index in [0.717, 1.165) is 12.8 Å². The monoisotopic (exact) mass is 208 g/mol. The van der Waals surface area contributed by atoms with Gasteiger partial charge in [-0.15, -0.1) is 0 Å². The van der Waals surface area contributed by atoms with Crippen molar-refractivity contribution in [1.82, 2.24) is 0 Å². The van der Waals surface area contributed by atoms with E-state index in [1.165, 1.54) is 5.57 Å². The molecule has 0 amide bonds. The van der Waals surface area contributed by atoms with E-state index in [0.29, 0.717) is 12.6 Å². The first-order valence-corrected chi connectivity index (χ1v) is 5.32. The molecular formula is C12H20N2O. The fourth-order valence-electron chi connectivity index (χ4n) is 1.50. The highest BCUT2D eigenvalue weighted by atomic mass is 16.5. The smallest absolute Gasteiger partial charge is 0.282 e. The number of hydrogen-bond donors (Lipinski definition) is 1. The summed E-state index contributed by atoms with van der Waals surface area (Å²) in [6.45, 7) is 6.83. The highest BCUT2D eigenvalue weighted by Crippen LogP contribution is 2.24. The fourth-order valence-corrected chi connectivity index (χ4v) is 1.50. The molecule has 15 heavy (non-hydrogen) atoms. The van der Waals surface area contributed by atoms with Crippen LogP contribution < -0.4 is 5.73 Å². The van der Waals surface area contributed by atoms with Crippen molar-refractivity contribution >= 4 is 6.02 Å². The Bertz CT molecular complexity index is 305. The Balaban J connectivity index is 2.43. The highest BCUT2D eigenvalue weighted by Gasteiger charge is 2.30. The van der Waals surface area contributed by atoms with Gasteiger partial charge >= 0.3 is 0 Å². The van der Waals surface area contributed by atoms with Gasteiger partial charge in [0.15, 0.2) is 0 Å². The predicted molar refractivity (Wildman–Crippen MR) is 63.8 cm³/mol. The molecule has 1 rings (SSSR count). The van der Waals surface area contributed by atoms with Gasteiger partial charge < -0.3 is 10.5 Å². The van der Waals surface area contributed by atoms with Crippen molar-refractivity contribution in [3.63, 3.8) is 0 Å². The Kier molecular flexibility index (Phi) is 3.95. The summed E-state index contributed by atoms with van der Waals surface area (Å²) in [4.78, 5) is 4.30. The number of ether oxygens (including phenoxy) is 1. The third-order valence-corrected chi connectivity index (χ3v) is 2.54. The van der Waals surface area contributed by atoms with Crippen LogP contribution in [0.5, 0.6) is 0 Å². The first-order valence-electron chi connectivity index (χ1n) is 5.32. The zero-order valence-corrected chi connectivity index (χ0v) is 9.79. The van der Waals surface area contributed by atoms with Gasteiger partial charge in [-0.3, -0.25) is 0 Å². The van der Waals surface area contributed by atoms with Crippen LogP contribution in [0.4, 0.5) is 0 Å². The second-order valence-electron chi connectivity index (χ2n) is 4.27. The SMILES string of the molecule is C/C=C\C=C(/C)CC[C@@]1(C)COC(N)=N1. The summed E-state index contributed by atoms with van der Waals surface area (Å²) in [5.74, 6) is 0. The van der Waals surface area contributed by atoms with Crippen molar-refractivity contribution in [2.24, 2.45) is 10.7 Å². The maximum Gasteiger partial charge on any atom is 0.282 e. The first kappa shape index (κ1) is 11.8. The molecule has 1 aliphatic heterocycles. The second kappa shape index (κ2) is 5.01. The third kappa shape index (κ3) is 3.78. The molecule has 3 nitrogen and oxygen atoms in total. The van der Waals surface area contributed by atoms with E-state index in [1.54, 1.807) is 0 Å². The van der Waals surface area contributed by atoms with Crippen LogP contribution in [0, 0.1) is 0 Å². The summed E-state index contributed by atoms with van der Waals surface area (Å²) >= 11 is 0. The molecule has 1 aliphatic rings. The topological polar surface area (TPSA) is 47.6 Å². The van der Waals surface area contributed by atoms with Gasteiger partial charge in [-0.1, -0.05) is 23.8 Å². The number of nitrogens with two attached hydrogens (primary N) is 1. The standard InChI is InChI=1S/C12H20N2O/c1-4-5-6-10(2)7-8-12(3)9-15-11(13)14-12/h4-6H,7-9H2,1-3H3,(H2,13,14)/b5-4-,10-6+/t12-/m0/s1. The van der Waals surface area contributed by atoms with Crippen LogP contribution in [0.2, 0.25) is 0 Å². The molecule has 84 valence electrons. The molecule has 0 aromatic heterocycles. The minimum atomic E-state index is -0.130. The van der Waals surface area contributed by atoms with Crippen molar-refractivity contribution in [1.29, 1.82) is 0 Å².